The van der Waals surface area contributed by atoms with E-state index in [0.29, 0.717) is 0 Å². The van der Waals surface area contributed by atoms with Gasteiger partial charge in [-0.15, -0.1) is 0 Å². The molecule has 0 amide bonds. The predicted molar refractivity (Wildman–Crippen MR) is 81.6 cm³/mol. The van der Waals surface area contributed by atoms with Crippen LogP contribution in [0.15, 0.2) is 0 Å². The molecule has 0 aliphatic carbocycles. The molecule has 13 nitrogen and oxygen atoms in total. The normalized spacial score (nSPS) is 10.6. The molecular weight excluding hydrogens is 385 g/mol. The van der Waals surface area contributed by atoms with Crippen LogP contribution in [0.2, 0.25) is 0 Å². The van der Waals surface area contributed by atoms with E-state index in [2.05, 4.69) is 13.8 Å². The molecule has 23 heavy (non-hydrogen) atoms. The lowest BCUT2D eigenvalue weighted by Gasteiger charge is -2.00. The highest BCUT2D eigenvalue weighted by Crippen LogP contribution is 2.35. The van der Waals surface area contributed by atoms with Gasteiger partial charge >= 0.3 is 23.2 Å². The summed E-state index contributed by atoms with van der Waals surface area (Å²) in [4.78, 5) is 47.2. The molecule has 0 aliphatic rings. The fourth-order valence-electron chi connectivity index (χ4n) is 0.121. The quantitative estimate of drug-likeness (QED) is 0.255. The second-order valence-corrected chi connectivity index (χ2v) is 7.23. The van der Waals surface area contributed by atoms with E-state index in [0.717, 1.165) is 7.11 Å². The predicted octanol–water partition coefficient (Wildman–Crippen LogP) is -0.189. The van der Waals surface area contributed by atoms with E-state index in [1.807, 2.05) is 13.8 Å². The van der Waals surface area contributed by atoms with Crippen molar-refractivity contribution in [1.82, 2.24) is 0 Å². The standard InChI is InChI=1S/C2H7O5P.C2H7O3P.C2H6.CH5O4P.H2O/c1-6-2-7-8(3,4)5;1-2-6(3,4)5;1-2;1-5-6(2,3)4;/h2H2,1H3,(H2,3,4,5);2H2,1H3,(H2,3,4,5);1-2H3;1H3,(H2,2,3,4);1H2. The zero-order valence-electron chi connectivity index (χ0n) is 13.4. The monoisotopic (exact) mass is 412 g/mol. The third-order valence-corrected chi connectivity index (χ3v) is 2.73. The van der Waals surface area contributed by atoms with Crippen molar-refractivity contribution in [2.45, 2.75) is 20.8 Å². The molecule has 8 N–H and O–H groups in total. The van der Waals surface area contributed by atoms with Gasteiger partial charge in [-0.25, -0.2) is 9.13 Å². The summed E-state index contributed by atoms with van der Waals surface area (Å²) in [7, 11) is -9.88. The first-order valence-electron chi connectivity index (χ1n) is 5.53. The third kappa shape index (κ3) is 72.0. The highest BCUT2D eigenvalue weighted by Gasteiger charge is 2.11. The summed E-state index contributed by atoms with van der Waals surface area (Å²) in [6.07, 6.45) is -0.0625. The average Bonchev–Trinajstić information content (AvgIpc) is 2.37. The van der Waals surface area contributed by atoms with Crippen molar-refractivity contribution in [2.24, 2.45) is 0 Å². The summed E-state index contributed by atoms with van der Waals surface area (Å²) >= 11 is 0. The van der Waals surface area contributed by atoms with Crippen LogP contribution >= 0.6 is 23.2 Å². The number of phosphoric ester groups is 2. The summed E-state index contributed by atoms with van der Waals surface area (Å²) in [5.74, 6) is 0. The molecule has 0 spiro atoms. The van der Waals surface area contributed by atoms with Crippen molar-refractivity contribution in [3.8, 4) is 0 Å². The summed E-state index contributed by atoms with van der Waals surface area (Å²) < 4.78 is 40.6. The Morgan fingerprint density at radius 2 is 1.09 bits per heavy atom. The molecule has 16 heteroatoms. The highest BCUT2D eigenvalue weighted by atomic mass is 31.2. The van der Waals surface area contributed by atoms with E-state index in [-0.39, 0.29) is 18.4 Å². The Bertz CT molecular complexity index is 333. The van der Waals surface area contributed by atoms with Crippen LogP contribution in [0.25, 0.3) is 0 Å². The van der Waals surface area contributed by atoms with E-state index in [1.54, 1.807) is 0 Å². The summed E-state index contributed by atoms with van der Waals surface area (Å²) in [5, 5.41) is 0. The number of rotatable bonds is 5. The van der Waals surface area contributed by atoms with Gasteiger partial charge in [0, 0.05) is 20.4 Å². The van der Waals surface area contributed by atoms with Crippen molar-refractivity contribution < 1.29 is 62.3 Å². The molecule has 0 aliphatic heterocycles. The van der Waals surface area contributed by atoms with Crippen LogP contribution in [0.1, 0.15) is 20.8 Å². The Morgan fingerprint density at radius 1 is 0.826 bits per heavy atom. The molecule has 0 radical (unpaired) electrons. The average molecular weight is 412 g/mol. The smallest absolute Gasteiger partial charge is 0.412 e. The van der Waals surface area contributed by atoms with Crippen LogP contribution in [-0.2, 0) is 27.5 Å². The molecular formula is C7H27O13P3. The molecule has 0 saturated carbocycles. The molecule has 0 aromatic carbocycles. The van der Waals surface area contributed by atoms with Gasteiger partial charge in [0.15, 0.2) is 6.79 Å². The Labute approximate surface area is 134 Å². The number of hydrogen-bond acceptors (Lipinski definition) is 6. The van der Waals surface area contributed by atoms with E-state index >= 15 is 0 Å². The van der Waals surface area contributed by atoms with Gasteiger partial charge in [-0.3, -0.25) is 13.6 Å². The lowest BCUT2D eigenvalue weighted by molar-refractivity contribution is 0.0284. The van der Waals surface area contributed by atoms with Crippen molar-refractivity contribution in [1.29, 1.82) is 0 Å². The van der Waals surface area contributed by atoms with Gasteiger partial charge in [0.05, 0.1) is 0 Å². The minimum absolute atomic E-state index is 0. The minimum atomic E-state index is -4.31. The maximum absolute atomic E-state index is 9.78. The van der Waals surface area contributed by atoms with Crippen LogP contribution in [-0.4, -0.2) is 62.0 Å². The first-order chi connectivity index (χ1) is 9.68. The fourth-order valence-corrected chi connectivity index (χ4v) is 0.364. The summed E-state index contributed by atoms with van der Waals surface area (Å²) in [6, 6.07) is 0. The molecule has 0 rings (SSSR count). The second kappa shape index (κ2) is 18.6. The lowest BCUT2D eigenvalue weighted by Crippen LogP contribution is -1.92. The molecule has 0 bridgehead atoms. The van der Waals surface area contributed by atoms with Gasteiger partial charge in [-0.1, -0.05) is 20.8 Å². The molecule has 0 unspecified atom stereocenters. The van der Waals surface area contributed by atoms with Crippen LogP contribution in [0, 0.1) is 0 Å². The molecule has 0 aromatic heterocycles. The zero-order chi connectivity index (χ0) is 19.0. The van der Waals surface area contributed by atoms with Crippen LogP contribution in [0.5, 0.6) is 0 Å². The second-order valence-electron chi connectivity index (χ2n) is 2.68. The topological polar surface area (TPSA) is 232 Å². The summed E-state index contributed by atoms with van der Waals surface area (Å²) in [5.41, 5.74) is 0. The third-order valence-electron chi connectivity index (χ3n) is 0.989. The molecule has 0 saturated heterocycles. The molecule has 0 atom stereocenters. The minimum Gasteiger partial charge on any atom is -0.412 e. The summed E-state index contributed by atoms with van der Waals surface area (Å²) in [6.45, 7) is 5.06. The number of ether oxygens (including phenoxy) is 1. The van der Waals surface area contributed by atoms with Gasteiger partial charge in [-0.05, 0) is 0 Å². The van der Waals surface area contributed by atoms with Crippen molar-refractivity contribution >= 4 is 23.2 Å². The number of methoxy groups -OCH3 is 1. The number of phosphoric acid groups is 2. The lowest BCUT2D eigenvalue weighted by atomic mass is 11.0. The van der Waals surface area contributed by atoms with Gasteiger partial charge in [0.25, 0.3) is 0 Å². The van der Waals surface area contributed by atoms with E-state index < -0.39 is 23.2 Å². The van der Waals surface area contributed by atoms with Crippen molar-refractivity contribution in [2.75, 3.05) is 27.2 Å². The fraction of sp³-hybridized carbons (Fsp3) is 1.00. The van der Waals surface area contributed by atoms with E-state index in [1.165, 1.54) is 14.0 Å². The molecule has 148 valence electrons. The molecule has 0 aromatic rings. The Balaban J connectivity index is -0.0000000662. The van der Waals surface area contributed by atoms with Crippen LogP contribution in [0.4, 0.5) is 0 Å². The Hall–Kier alpha value is 0.290. The highest BCUT2D eigenvalue weighted by molar-refractivity contribution is 7.51. The van der Waals surface area contributed by atoms with Crippen molar-refractivity contribution in [3.63, 3.8) is 0 Å². The maximum atomic E-state index is 9.78. The van der Waals surface area contributed by atoms with Crippen LogP contribution < -0.4 is 0 Å². The van der Waals surface area contributed by atoms with Crippen molar-refractivity contribution in [3.05, 3.63) is 0 Å². The first kappa shape index (κ1) is 34.6. The first-order valence-corrected chi connectivity index (χ1v) is 10.4. The van der Waals surface area contributed by atoms with Gasteiger partial charge < -0.3 is 39.6 Å². The largest absolute Gasteiger partial charge is 0.471 e. The van der Waals surface area contributed by atoms with Gasteiger partial charge in [0.2, 0.25) is 0 Å². The number of hydrogen-bond donors (Lipinski definition) is 6. The maximum Gasteiger partial charge on any atom is 0.471 e. The Morgan fingerprint density at radius 3 is 1.13 bits per heavy atom. The Kier molecular flexibility index (Phi) is 28.0. The SMILES string of the molecule is CC.CCP(=O)(O)O.COCOP(=O)(O)O.COP(=O)(O)O.O. The van der Waals surface area contributed by atoms with Gasteiger partial charge in [0.1, 0.15) is 0 Å². The zero-order valence-corrected chi connectivity index (χ0v) is 16.1. The van der Waals surface area contributed by atoms with Crippen LogP contribution in [0.3, 0.4) is 0 Å². The molecule has 0 fully saturated rings. The van der Waals surface area contributed by atoms with E-state index in [9.17, 15) is 13.7 Å². The van der Waals surface area contributed by atoms with E-state index in [4.69, 9.17) is 29.4 Å². The molecule has 0 heterocycles. The van der Waals surface area contributed by atoms with Gasteiger partial charge in [-0.2, -0.15) is 0 Å².